The topological polar surface area (TPSA) is 99.1 Å². The number of likely N-dealkylation sites (tertiary alicyclic amines) is 1. The van der Waals surface area contributed by atoms with Gasteiger partial charge in [-0.1, -0.05) is 40.4 Å². The third-order valence-electron chi connectivity index (χ3n) is 4.72. The molecule has 3 N–H and O–H groups in total. The number of aliphatic hydroxyl groups excluding tert-OH is 1. The largest absolute Gasteiger partial charge is 0.465 e. The summed E-state index contributed by atoms with van der Waals surface area (Å²) in [6.07, 6.45) is -1.46. The number of carbonyl (C=O) groups is 2. The van der Waals surface area contributed by atoms with E-state index < -0.39 is 20.3 Å². The summed E-state index contributed by atoms with van der Waals surface area (Å²) in [5.74, 6) is -0.340. The lowest BCUT2D eigenvalue weighted by Gasteiger charge is -2.36. The van der Waals surface area contributed by atoms with Crippen LogP contribution in [0, 0.1) is 17.3 Å². The Kier molecular flexibility index (Phi) is 7.31. The van der Waals surface area contributed by atoms with Crippen molar-refractivity contribution < 1.29 is 24.5 Å². The van der Waals surface area contributed by atoms with Gasteiger partial charge in [-0.3, -0.25) is 0 Å². The second-order valence-corrected chi connectivity index (χ2v) is 14.8. The first-order valence-electron chi connectivity index (χ1n) is 8.88. The van der Waals surface area contributed by atoms with Crippen LogP contribution in [0.25, 0.3) is 0 Å². The summed E-state index contributed by atoms with van der Waals surface area (Å²) in [6, 6.07) is 0.617. The van der Waals surface area contributed by atoms with Gasteiger partial charge in [-0.2, -0.15) is 0 Å². The highest BCUT2D eigenvalue weighted by Gasteiger charge is 2.48. The Morgan fingerprint density at radius 1 is 1.28 bits per heavy atom. The van der Waals surface area contributed by atoms with Crippen molar-refractivity contribution in [2.45, 2.75) is 52.5 Å². The first-order chi connectivity index (χ1) is 11.4. The summed E-state index contributed by atoms with van der Waals surface area (Å²) >= 11 is 0. The zero-order valence-corrected chi connectivity index (χ0v) is 17.3. The van der Waals surface area contributed by atoms with Crippen LogP contribution in [0.4, 0.5) is 9.59 Å². The minimum atomic E-state index is -1.25. The number of amides is 2. The van der Waals surface area contributed by atoms with Crippen LogP contribution in [0.3, 0.4) is 0 Å². The molecule has 1 aliphatic heterocycles. The molecule has 0 bridgehead atoms. The van der Waals surface area contributed by atoms with Crippen LogP contribution < -0.4 is 5.32 Å². The molecule has 1 rings (SSSR count). The first kappa shape index (κ1) is 21.8. The maximum atomic E-state index is 11.9. The highest BCUT2D eigenvalue weighted by atomic mass is 28.3. The fourth-order valence-electron chi connectivity index (χ4n) is 3.48. The van der Waals surface area contributed by atoms with E-state index >= 15 is 0 Å². The summed E-state index contributed by atoms with van der Waals surface area (Å²) in [6.45, 7) is 13.4. The standard InChI is InChI=1S/C17H34N2O5Si/c1-17(2,3)14-13(11-20)12(10-19(14)16(22)23)9-18-15(21)24-7-8-25(4,5)6/h12-14,20H,7-11H2,1-6H3,(H,18,21)(H,22,23). The quantitative estimate of drug-likeness (QED) is 0.621. The maximum absolute atomic E-state index is 11.9. The Hall–Kier alpha value is -1.28. The molecule has 0 saturated carbocycles. The van der Waals surface area contributed by atoms with Gasteiger partial charge in [-0.15, -0.1) is 0 Å². The minimum Gasteiger partial charge on any atom is -0.465 e. The predicted octanol–water partition coefficient (Wildman–Crippen LogP) is 2.68. The van der Waals surface area contributed by atoms with Crippen LogP contribution in [0.2, 0.25) is 25.7 Å². The smallest absolute Gasteiger partial charge is 0.407 e. The van der Waals surface area contributed by atoms with E-state index in [0.717, 1.165) is 6.04 Å². The molecule has 7 nitrogen and oxygen atoms in total. The van der Waals surface area contributed by atoms with E-state index in [-0.39, 0.29) is 29.9 Å². The molecule has 0 aromatic carbocycles. The highest BCUT2D eigenvalue weighted by molar-refractivity contribution is 6.76. The number of alkyl carbamates (subject to hydrolysis) is 1. The van der Waals surface area contributed by atoms with Gasteiger partial charge in [-0.05, 0) is 11.5 Å². The van der Waals surface area contributed by atoms with Crippen molar-refractivity contribution >= 4 is 20.3 Å². The van der Waals surface area contributed by atoms with Crippen LogP contribution in [0.1, 0.15) is 20.8 Å². The molecule has 146 valence electrons. The fraction of sp³-hybridized carbons (Fsp3) is 0.882. The third-order valence-corrected chi connectivity index (χ3v) is 6.42. The summed E-state index contributed by atoms with van der Waals surface area (Å²) in [7, 11) is -1.25. The second kappa shape index (κ2) is 8.40. The first-order valence-corrected chi connectivity index (χ1v) is 12.6. The maximum Gasteiger partial charge on any atom is 0.407 e. The van der Waals surface area contributed by atoms with E-state index in [1.165, 1.54) is 4.90 Å². The summed E-state index contributed by atoms with van der Waals surface area (Å²) in [4.78, 5) is 24.8. The number of nitrogens with one attached hydrogen (secondary N) is 1. The van der Waals surface area contributed by atoms with Crippen molar-refractivity contribution in [3.05, 3.63) is 0 Å². The fourth-order valence-corrected chi connectivity index (χ4v) is 4.19. The molecule has 1 saturated heterocycles. The molecule has 8 heteroatoms. The van der Waals surface area contributed by atoms with Gasteiger partial charge in [0.05, 0.1) is 6.61 Å². The summed E-state index contributed by atoms with van der Waals surface area (Å²) in [5, 5.41) is 22.0. The number of aliphatic hydroxyl groups is 1. The monoisotopic (exact) mass is 374 g/mol. The lowest BCUT2D eigenvalue weighted by atomic mass is 9.77. The van der Waals surface area contributed by atoms with Gasteiger partial charge in [0.15, 0.2) is 0 Å². The molecule has 25 heavy (non-hydrogen) atoms. The molecular formula is C17H34N2O5Si. The zero-order valence-electron chi connectivity index (χ0n) is 16.3. The molecular weight excluding hydrogens is 340 g/mol. The van der Waals surface area contributed by atoms with Crippen LogP contribution >= 0.6 is 0 Å². The Morgan fingerprint density at radius 2 is 1.88 bits per heavy atom. The number of hydrogen-bond acceptors (Lipinski definition) is 4. The van der Waals surface area contributed by atoms with E-state index in [1.807, 2.05) is 20.8 Å². The average Bonchev–Trinajstić information content (AvgIpc) is 2.82. The van der Waals surface area contributed by atoms with Crippen LogP contribution in [-0.2, 0) is 4.74 Å². The molecule has 1 heterocycles. The predicted molar refractivity (Wildman–Crippen MR) is 99.5 cm³/mol. The van der Waals surface area contributed by atoms with Crippen molar-refractivity contribution in [2.75, 3.05) is 26.3 Å². The van der Waals surface area contributed by atoms with Gasteiger partial charge in [0.1, 0.15) is 0 Å². The van der Waals surface area contributed by atoms with Gasteiger partial charge in [-0.25, -0.2) is 9.59 Å². The van der Waals surface area contributed by atoms with E-state index in [1.54, 1.807) is 0 Å². The molecule has 1 fully saturated rings. The van der Waals surface area contributed by atoms with Gasteiger partial charge < -0.3 is 25.2 Å². The van der Waals surface area contributed by atoms with Gasteiger partial charge in [0.25, 0.3) is 0 Å². The molecule has 3 atom stereocenters. The van der Waals surface area contributed by atoms with Crippen molar-refractivity contribution in [1.29, 1.82) is 0 Å². The summed E-state index contributed by atoms with van der Waals surface area (Å²) < 4.78 is 5.21. The molecule has 0 aliphatic carbocycles. The SMILES string of the molecule is CC(C)(C)C1C(CO)C(CNC(=O)OCC[Si](C)(C)C)CN1C(=O)O. The zero-order chi connectivity index (χ0) is 19.4. The minimum absolute atomic E-state index is 0.108. The van der Waals surface area contributed by atoms with Crippen molar-refractivity contribution in [2.24, 2.45) is 17.3 Å². The van der Waals surface area contributed by atoms with E-state index in [4.69, 9.17) is 4.74 Å². The number of ether oxygens (including phenoxy) is 1. The number of rotatable bonds is 6. The molecule has 0 spiro atoms. The van der Waals surface area contributed by atoms with Crippen LogP contribution in [0.15, 0.2) is 0 Å². The number of carboxylic acid groups (broad SMARTS) is 1. The second-order valence-electron chi connectivity index (χ2n) is 9.18. The Bertz CT molecular complexity index is 473. The van der Waals surface area contributed by atoms with Gasteiger partial charge >= 0.3 is 12.2 Å². The molecule has 1 aliphatic rings. The van der Waals surface area contributed by atoms with Crippen molar-refractivity contribution in [1.82, 2.24) is 10.2 Å². The lowest BCUT2D eigenvalue weighted by Crippen LogP contribution is -2.46. The average molecular weight is 375 g/mol. The molecule has 3 unspecified atom stereocenters. The van der Waals surface area contributed by atoms with Gasteiger partial charge in [0.2, 0.25) is 0 Å². The van der Waals surface area contributed by atoms with Crippen molar-refractivity contribution in [3.63, 3.8) is 0 Å². The molecule has 0 aromatic heterocycles. The van der Waals surface area contributed by atoms with Gasteiger partial charge in [0, 0.05) is 45.6 Å². The van der Waals surface area contributed by atoms with E-state index in [9.17, 15) is 19.8 Å². The van der Waals surface area contributed by atoms with Crippen LogP contribution in [-0.4, -0.2) is 67.7 Å². The molecule has 0 aromatic rings. The Labute approximate surface area is 151 Å². The van der Waals surface area contributed by atoms with Crippen molar-refractivity contribution in [3.8, 4) is 0 Å². The third kappa shape index (κ3) is 6.50. The lowest BCUT2D eigenvalue weighted by molar-refractivity contribution is 0.0712. The highest BCUT2D eigenvalue weighted by Crippen LogP contribution is 2.39. The normalized spacial score (nSPS) is 24.3. The van der Waals surface area contributed by atoms with E-state index in [0.29, 0.717) is 19.7 Å². The number of carbonyl (C=O) groups excluding carboxylic acids is 1. The number of hydrogen-bond donors (Lipinski definition) is 3. The molecule has 0 radical (unpaired) electrons. The number of nitrogens with zero attached hydrogens (tertiary/aromatic N) is 1. The Morgan fingerprint density at radius 3 is 2.32 bits per heavy atom. The Balaban J connectivity index is 2.63. The molecule has 2 amide bonds. The van der Waals surface area contributed by atoms with Crippen LogP contribution in [0.5, 0.6) is 0 Å². The summed E-state index contributed by atoms with van der Waals surface area (Å²) in [5.41, 5.74) is -0.293. The van der Waals surface area contributed by atoms with E-state index in [2.05, 4.69) is 25.0 Å².